The molecule has 0 unspecified atom stereocenters. The lowest BCUT2D eigenvalue weighted by atomic mass is 9.86. The minimum absolute atomic E-state index is 0.0279. The van der Waals surface area contributed by atoms with Crippen LogP contribution in [-0.4, -0.2) is 37.6 Å². The van der Waals surface area contributed by atoms with Crippen molar-refractivity contribution in [2.24, 2.45) is 0 Å². The first-order valence-electron chi connectivity index (χ1n) is 10.5. The van der Waals surface area contributed by atoms with E-state index < -0.39 is 0 Å². The van der Waals surface area contributed by atoms with E-state index in [1.807, 2.05) is 25.1 Å². The Morgan fingerprint density at radius 1 is 1.20 bits per heavy atom. The monoisotopic (exact) mass is 414 g/mol. The number of ether oxygens (including phenoxy) is 2. The van der Waals surface area contributed by atoms with Crippen molar-refractivity contribution in [1.29, 1.82) is 0 Å². The Balaban J connectivity index is 2.03. The van der Waals surface area contributed by atoms with Gasteiger partial charge in [0.1, 0.15) is 5.82 Å². The van der Waals surface area contributed by atoms with Crippen molar-refractivity contribution < 1.29 is 18.7 Å². The molecule has 0 bridgehead atoms. The molecule has 6 heteroatoms. The predicted octanol–water partition coefficient (Wildman–Crippen LogP) is 4.25. The maximum Gasteiger partial charge on any atom is 0.219 e. The summed E-state index contributed by atoms with van der Waals surface area (Å²) in [6.07, 6.45) is 2.06. The molecular formula is C24H31FN2O3. The van der Waals surface area contributed by atoms with Crippen LogP contribution in [0.1, 0.15) is 49.4 Å². The third kappa shape index (κ3) is 4.75. The standard InChI is InChI=1S/C24H31FN2O3/c1-5-20(26-23(28)6-2)24-19-14-22(30-4)21(29-3)13-17(19)10-11-27(24)15-16-8-7-9-18(25)12-16/h7-9,12-14,20,24H,5-6,10-11,15H2,1-4H3,(H,26,28)/t20-,24+/m0/s1. The zero-order valence-electron chi connectivity index (χ0n) is 18.2. The van der Waals surface area contributed by atoms with E-state index >= 15 is 0 Å². The van der Waals surface area contributed by atoms with E-state index in [0.29, 0.717) is 24.5 Å². The second kappa shape index (κ2) is 9.94. The number of nitrogens with zero attached hydrogens (tertiary/aromatic N) is 1. The number of benzene rings is 2. The van der Waals surface area contributed by atoms with Gasteiger partial charge in [0.15, 0.2) is 11.5 Å². The Morgan fingerprint density at radius 3 is 2.57 bits per heavy atom. The molecule has 0 saturated heterocycles. The van der Waals surface area contributed by atoms with Crippen LogP contribution in [0.4, 0.5) is 4.39 Å². The molecule has 2 atom stereocenters. The first kappa shape index (κ1) is 22.1. The molecule has 1 aliphatic heterocycles. The number of hydrogen-bond donors (Lipinski definition) is 1. The van der Waals surface area contributed by atoms with Crippen LogP contribution in [-0.2, 0) is 17.8 Å². The van der Waals surface area contributed by atoms with Gasteiger partial charge in [0.25, 0.3) is 0 Å². The van der Waals surface area contributed by atoms with Gasteiger partial charge >= 0.3 is 0 Å². The zero-order chi connectivity index (χ0) is 21.7. The number of hydrogen-bond acceptors (Lipinski definition) is 4. The number of halogens is 1. The maximum absolute atomic E-state index is 13.8. The molecule has 1 amide bonds. The van der Waals surface area contributed by atoms with Crippen LogP contribution in [0.5, 0.6) is 11.5 Å². The fourth-order valence-electron chi connectivity index (χ4n) is 4.26. The van der Waals surface area contributed by atoms with Gasteiger partial charge in [-0.1, -0.05) is 26.0 Å². The largest absolute Gasteiger partial charge is 0.493 e. The quantitative estimate of drug-likeness (QED) is 0.702. The van der Waals surface area contributed by atoms with E-state index in [9.17, 15) is 9.18 Å². The molecule has 3 rings (SSSR count). The molecule has 0 aliphatic carbocycles. The molecule has 1 heterocycles. The van der Waals surface area contributed by atoms with Crippen molar-refractivity contribution in [1.82, 2.24) is 10.2 Å². The molecule has 1 aliphatic rings. The van der Waals surface area contributed by atoms with E-state index in [1.54, 1.807) is 26.4 Å². The zero-order valence-corrected chi connectivity index (χ0v) is 18.2. The first-order valence-corrected chi connectivity index (χ1v) is 10.5. The SMILES string of the molecule is CCC(=O)N[C@@H](CC)[C@H]1c2cc(OC)c(OC)cc2CCN1Cc1cccc(F)c1. The number of rotatable bonds is 8. The Bertz CT molecular complexity index is 887. The van der Waals surface area contributed by atoms with Gasteiger partial charge in [-0.3, -0.25) is 9.69 Å². The lowest BCUT2D eigenvalue weighted by molar-refractivity contribution is -0.122. The molecule has 5 nitrogen and oxygen atoms in total. The Hall–Kier alpha value is -2.60. The van der Waals surface area contributed by atoms with Crippen molar-refractivity contribution in [3.8, 4) is 11.5 Å². The average Bonchev–Trinajstić information content (AvgIpc) is 2.76. The summed E-state index contributed by atoms with van der Waals surface area (Å²) >= 11 is 0. The van der Waals surface area contributed by atoms with Gasteiger partial charge in [0.2, 0.25) is 5.91 Å². The van der Waals surface area contributed by atoms with Gasteiger partial charge in [-0.25, -0.2) is 4.39 Å². The predicted molar refractivity (Wildman–Crippen MR) is 115 cm³/mol. The van der Waals surface area contributed by atoms with Crippen LogP contribution in [0, 0.1) is 5.82 Å². The van der Waals surface area contributed by atoms with Crippen LogP contribution >= 0.6 is 0 Å². The third-order valence-corrected chi connectivity index (χ3v) is 5.79. The summed E-state index contributed by atoms with van der Waals surface area (Å²) in [5.41, 5.74) is 3.23. The fraction of sp³-hybridized carbons (Fsp3) is 0.458. The van der Waals surface area contributed by atoms with Gasteiger partial charge in [0.05, 0.1) is 20.3 Å². The highest BCUT2D eigenvalue weighted by atomic mass is 19.1. The maximum atomic E-state index is 13.8. The van der Waals surface area contributed by atoms with Crippen LogP contribution in [0.3, 0.4) is 0 Å². The molecule has 162 valence electrons. The number of methoxy groups -OCH3 is 2. The molecule has 2 aromatic carbocycles. The molecule has 2 aromatic rings. The fourth-order valence-corrected chi connectivity index (χ4v) is 4.26. The van der Waals surface area contributed by atoms with Gasteiger partial charge in [-0.15, -0.1) is 0 Å². The van der Waals surface area contributed by atoms with E-state index in [4.69, 9.17) is 9.47 Å². The Labute approximate surface area is 178 Å². The van der Waals surface area contributed by atoms with Crippen LogP contribution < -0.4 is 14.8 Å². The van der Waals surface area contributed by atoms with Crippen molar-refractivity contribution in [2.45, 2.75) is 51.7 Å². The van der Waals surface area contributed by atoms with Crippen molar-refractivity contribution in [2.75, 3.05) is 20.8 Å². The minimum Gasteiger partial charge on any atom is -0.493 e. The van der Waals surface area contributed by atoms with Crippen molar-refractivity contribution in [3.63, 3.8) is 0 Å². The molecule has 0 spiro atoms. The van der Waals surface area contributed by atoms with E-state index in [2.05, 4.69) is 17.1 Å². The molecule has 0 fully saturated rings. The van der Waals surface area contributed by atoms with Gasteiger partial charge in [-0.05, 0) is 53.8 Å². The summed E-state index contributed by atoms with van der Waals surface area (Å²) in [4.78, 5) is 14.6. The second-order valence-electron chi connectivity index (χ2n) is 7.64. The topological polar surface area (TPSA) is 50.8 Å². The third-order valence-electron chi connectivity index (χ3n) is 5.79. The highest BCUT2D eigenvalue weighted by Gasteiger charge is 2.35. The summed E-state index contributed by atoms with van der Waals surface area (Å²) in [6.45, 7) is 5.35. The second-order valence-corrected chi connectivity index (χ2v) is 7.64. The Kier molecular flexibility index (Phi) is 7.32. The lowest BCUT2D eigenvalue weighted by Gasteiger charge is -2.42. The number of amides is 1. The van der Waals surface area contributed by atoms with Crippen LogP contribution in [0.25, 0.3) is 0 Å². The highest BCUT2D eigenvalue weighted by molar-refractivity contribution is 5.76. The van der Waals surface area contributed by atoms with Crippen LogP contribution in [0.2, 0.25) is 0 Å². The molecule has 0 radical (unpaired) electrons. The lowest BCUT2D eigenvalue weighted by Crippen LogP contribution is -2.48. The van der Waals surface area contributed by atoms with Crippen molar-refractivity contribution in [3.05, 3.63) is 58.9 Å². The number of nitrogens with one attached hydrogen (secondary N) is 1. The molecule has 1 N–H and O–H groups in total. The summed E-state index contributed by atoms with van der Waals surface area (Å²) in [6, 6.07) is 10.7. The van der Waals surface area contributed by atoms with E-state index in [0.717, 1.165) is 30.5 Å². The van der Waals surface area contributed by atoms with Gasteiger partial charge < -0.3 is 14.8 Å². The average molecular weight is 415 g/mol. The highest BCUT2D eigenvalue weighted by Crippen LogP contribution is 2.40. The molecule has 30 heavy (non-hydrogen) atoms. The van der Waals surface area contributed by atoms with Crippen molar-refractivity contribution >= 4 is 5.91 Å². The van der Waals surface area contributed by atoms with Crippen LogP contribution in [0.15, 0.2) is 36.4 Å². The van der Waals surface area contributed by atoms with Gasteiger partial charge in [-0.2, -0.15) is 0 Å². The number of carbonyl (C=O) groups is 1. The normalized spacial score (nSPS) is 17.2. The minimum atomic E-state index is -0.237. The van der Waals surface area contributed by atoms with E-state index in [-0.39, 0.29) is 23.8 Å². The Morgan fingerprint density at radius 2 is 1.93 bits per heavy atom. The molecule has 0 aromatic heterocycles. The molecular weight excluding hydrogens is 383 g/mol. The van der Waals surface area contributed by atoms with E-state index in [1.165, 1.54) is 11.6 Å². The first-order chi connectivity index (χ1) is 14.5. The smallest absolute Gasteiger partial charge is 0.219 e. The summed E-state index contributed by atoms with van der Waals surface area (Å²) in [7, 11) is 3.26. The number of carbonyl (C=O) groups excluding carboxylic acids is 1. The summed E-state index contributed by atoms with van der Waals surface area (Å²) < 4.78 is 24.8. The number of fused-ring (bicyclic) bond motifs is 1. The van der Waals surface area contributed by atoms with Gasteiger partial charge in [0, 0.05) is 25.6 Å². The molecule has 0 saturated carbocycles. The summed E-state index contributed by atoms with van der Waals surface area (Å²) in [5, 5.41) is 3.19. The summed E-state index contributed by atoms with van der Waals surface area (Å²) in [5.74, 6) is 1.17.